The van der Waals surface area contributed by atoms with E-state index in [2.05, 4.69) is 10.2 Å². The summed E-state index contributed by atoms with van der Waals surface area (Å²) in [5, 5.41) is 9.71. The molecule has 15 heavy (non-hydrogen) atoms. The third-order valence-corrected chi connectivity index (χ3v) is 3.42. The second kappa shape index (κ2) is 2.93. The van der Waals surface area contributed by atoms with Crippen molar-refractivity contribution in [3.8, 4) is 0 Å². The minimum Gasteiger partial charge on any atom is -0.282 e. The molecular formula is C10H9N3OS. The van der Waals surface area contributed by atoms with Crippen LogP contribution in [0.1, 0.15) is 12.7 Å². The van der Waals surface area contributed by atoms with Gasteiger partial charge in [0.25, 0.3) is 5.56 Å². The van der Waals surface area contributed by atoms with Crippen molar-refractivity contribution in [3.05, 3.63) is 33.7 Å². The number of hydrogen-bond acceptors (Lipinski definition) is 3. The Kier molecular flexibility index (Phi) is 1.70. The van der Waals surface area contributed by atoms with E-state index in [0.717, 1.165) is 22.5 Å². The zero-order valence-corrected chi connectivity index (χ0v) is 8.97. The van der Waals surface area contributed by atoms with Crippen molar-refractivity contribution in [1.29, 1.82) is 0 Å². The molecule has 0 radical (unpaired) electrons. The normalized spacial score (nSPS) is 11.5. The third kappa shape index (κ3) is 1.07. The van der Waals surface area contributed by atoms with Gasteiger partial charge in [0, 0.05) is 11.8 Å². The molecule has 0 spiro atoms. The van der Waals surface area contributed by atoms with E-state index in [1.54, 1.807) is 11.3 Å². The highest BCUT2D eigenvalue weighted by molar-refractivity contribution is 7.16. The number of thiophene rings is 1. The fraction of sp³-hybridized carbons (Fsp3) is 0.200. The lowest BCUT2D eigenvalue weighted by atomic mass is 10.4. The molecule has 0 aliphatic rings. The number of fused-ring (bicyclic) bond motifs is 3. The number of H-pyrrole nitrogens is 1. The number of aryl methyl sites for hydroxylation is 1. The van der Waals surface area contributed by atoms with Gasteiger partial charge in [0.1, 0.15) is 16.2 Å². The van der Waals surface area contributed by atoms with Crippen LogP contribution in [0.3, 0.4) is 0 Å². The van der Waals surface area contributed by atoms with Crippen LogP contribution in [-0.4, -0.2) is 14.6 Å². The van der Waals surface area contributed by atoms with E-state index in [4.69, 9.17) is 0 Å². The van der Waals surface area contributed by atoms with Gasteiger partial charge >= 0.3 is 0 Å². The molecule has 5 heteroatoms. The Balaban J connectivity index is 2.65. The molecular weight excluding hydrogens is 210 g/mol. The van der Waals surface area contributed by atoms with Crippen LogP contribution < -0.4 is 5.56 Å². The molecule has 3 aromatic heterocycles. The van der Waals surface area contributed by atoms with E-state index in [-0.39, 0.29) is 5.56 Å². The molecule has 0 aliphatic heterocycles. The molecule has 3 aromatic rings. The number of aromatic nitrogens is 3. The molecule has 0 amide bonds. The number of rotatable bonds is 1. The van der Waals surface area contributed by atoms with Crippen LogP contribution in [0.4, 0.5) is 0 Å². The zero-order valence-electron chi connectivity index (χ0n) is 8.15. The molecule has 0 fully saturated rings. The van der Waals surface area contributed by atoms with E-state index in [1.165, 1.54) is 0 Å². The van der Waals surface area contributed by atoms with Crippen molar-refractivity contribution < 1.29 is 0 Å². The maximum atomic E-state index is 11.6. The van der Waals surface area contributed by atoms with Crippen LogP contribution in [0.2, 0.25) is 0 Å². The summed E-state index contributed by atoms with van der Waals surface area (Å²) in [7, 11) is 0. The fourth-order valence-corrected chi connectivity index (χ4v) is 2.72. The molecule has 0 atom stereocenters. The van der Waals surface area contributed by atoms with Crippen LogP contribution in [0, 0.1) is 0 Å². The van der Waals surface area contributed by atoms with Crippen LogP contribution in [0.25, 0.3) is 15.7 Å². The lowest BCUT2D eigenvalue weighted by Gasteiger charge is -2.00. The van der Waals surface area contributed by atoms with Crippen molar-refractivity contribution in [2.24, 2.45) is 0 Å². The SMILES string of the molecule is CCc1n[nH]c(=O)c2cc3ccsc3n12. The first-order valence-corrected chi connectivity index (χ1v) is 5.65. The van der Waals surface area contributed by atoms with Crippen LogP contribution >= 0.6 is 11.3 Å². The minimum atomic E-state index is -0.129. The molecule has 3 rings (SSSR count). The summed E-state index contributed by atoms with van der Waals surface area (Å²) in [6, 6.07) is 3.93. The van der Waals surface area contributed by atoms with Crippen molar-refractivity contribution >= 4 is 27.1 Å². The van der Waals surface area contributed by atoms with Gasteiger partial charge in [-0.05, 0) is 17.5 Å². The summed E-state index contributed by atoms with van der Waals surface area (Å²) in [5.41, 5.74) is 0.555. The summed E-state index contributed by atoms with van der Waals surface area (Å²) in [6.45, 7) is 2.03. The quantitative estimate of drug-likeness (QED) is 0.678. The monoisotopic (exact) mass is 219 g/mol. The molecule has 0 unspecified atom stereocenters. The van der Waals surface area contributed by atoms with E-state index in [9.17, 15) is 4.79 Å². The van der Waals surface area contributed by atoms with Crippen LogP contribution in [0.15, 0.2) is 22.3 Å². The van der Waals surface area contributed by atoms with Crippen molar-refractivity contribution in [2.45, 2.75) is 13.3 Å². The maximum Gasteiger partial charge on any atom is 0.288 e. The second-order valence-corrected chi connectivity index (χ2v) is 4.26. The Morgan fingerprint density at radius 3 is 3.27 bits per heavy atom. The van der Waals surface area contributed by atoms with Crippen LogP contribution in [-0.2, 0) is 6.42 Å². The van der Waals surface area contributed by atoms with Crippen molar-refractivity contribution in [3.63, 3.8) is 0 Å². The summed E-state index contributed by atoms with van der Waals surface area (Å²) in [4.78, 5) is 12.7. The Hall–Kier alpha value is -1.62. The number of nitrogens with one attached hydrogen (secondary N) is 1. The molecule has 76 valence electrons. The Morgan fingerprint density at radius 2 is 2.47 bits per heavy atom. The van der Waals surface area contributed by atoms with Gasteiger partial charge in [-0.15, -0.1) is 11.3 Å². The van der Waals surface area contributed by atoms with E-state index in [1.807, 2.05) is 28.8 Å². The molecule has 0 bridgehead atoms. The predicted molar refractivity (Wildman–Crippen MR) is 60.6 cm³/mol. The molecule has 3 heterocycles. The molecule has 0 saturated heterocycles. The van der Waals surface area contributed by atoms with Gasteiger partial charge in [0.2, 0.25) is 0 Å². The Morgan fingerprint density at radius 1 is 1.60 bits per heavy atom. The van der Waals surface area contributed by atoms with E-state index >= 15 is 0 Å². The average molecular weight is 219 g/mol. The highest BCUT2D eigenvalue weighted by Gasteiger charge is 2.10. The Bertz CT molecular complexity index is 691. The summed E-state index contributed by atoms with van der Waals surface area (Å²) in [6.07, 6.45) is 0.801. The smallest absolute Gasteiger partial charge is 0.282 e. The van der Waals surface area contributed by atoms with Gasteiger partial charge < -0.3 is 0 Å². The van der Waals surface area contributed by atoms with Crippen molar-refractivity contribution in [1.82, 2.24) is 14.6 Å². The number of hydrogen-bond donors (Lipinski definition) is 1. The topological polar surface area (TPSA) is 50.2 Å². The number of nitrogens with zero attached hydrogens (tertiary/aromatic N) is 2. The van der Waals surface area contributed by atoms with E-state index in [0.29, 0.717) is 5.52 Å². The summed E-state index contributed by atoms with van der Waals surface area (Å²) in [5.74, 6) is 0.891. The molecule has 0 saturated carbocycles. The van der Waals surface area contributed by atoms with Gasteiger partial charge in [0.05, 0.1) is 0 Å². The largest absolute Gasteiger partial charge is 0.288 e. The first-order valence-electron chi connectivity index (χ1n) is 4.77. The highest BCUT2D eigenvalue weighted by atomic mass is 32.1. The average Bonchev–Trinajstić information content (AvgIpc) is 2.79. The summed E-state index contributed by atoms with van der Waals surface area (Å²) < 4.78 is 1.94. The second-order valence-electron chi connectivity index (χ2n) is 3.37. The first kappa shape index (κ1) is 8.67. The fourth-order valence-electron chi connectivity index (χ4n) is 1.81. The Labute approximate surface area is 89.2 Å². The standard InChI is InChI=1S/C10H9N3OS/c1-2-8-11-12-9(14)7-5-6-3-4-15-10(6)13(7)8/h3-5H,2H2,1H3,(H,12,14). The summed E-state index contributed by atoms with van der Waals surface area (Å²) >= 11 is 1.63. The zero-order chi connectivity index (χ0) is 10.4. The third-order valence-electron chi connectivity index (χ3n) is 2.50. The molecule has 4 nitrogen and oxygen atoms in total. The first-order chi connectivity index (χ1) is 7.31. The predicted octanol–water partition coefficient (Wildman–Crippen LogP) is 1.80. The van der Waals surface area contributed by atoms with Gasteiger partial charge in [-0.25, -0.2) is 5.10 Å². The highest BCUT2D eigenvalue weighted by Crippen LogP contribution is 2.24. The lowest BCUT2D eigenvalue weighted by Crippen LogP contribution is -2.14. The molecule has 0 aliphatic carbocycles. The molecule has 1 N–H and O–H groups in total. The van der Waals surface area contributed by atoms with Crippen molar-refractivity contribution in [2.75, 3.05) is 0 Å². The maximum absolute atomic E-state index is 11.6. The lowest BCUT2D eigenvalue weighted by molar-refractivity contribution is 0.822. The molecule has 0 aromatic carbocycles. The van der Waals surface area contributed by atoms with Gasteiger partial charge in [-0.2, -0.15) is 5.10 Å². The number of aromatic amines is 1. The minimum absolute atomic E-state index is 0.129. The van der Waals surface area contributed by atoms with Crippen LogP contribution in [0.5, 0.6) is 0 Å². The van der Waals surface area contributed by atoms with Gasteiger partial charge in [0.15, 0.2) is 0 Å². The van der Waals surface area contributed by atoms with E-state index < -0.39 is 0 Å². The van der Waals surface area contributed by atoms with Gasteiger partial charge in [-0.3, -0.25) is 9.20 Å². The van der Waals surface area contributed by atoms with Gasteiger partial charge in [-0.1, -0.05) is 6.92 Å².